The Kier molecular flexibility index (Phi) is 8.21. The van der Waals surface area contributed by atoms with Gasteiger partial charge in [-0.05, 0) is 60.9 Å². The number of para-hydroxylation sites is 1. The van der Waals surface area contributed by atoms with Crippen LogP contribution in [0.5, 0.6) is 0 Å². The third-order valence-corrected chi connectivity index (χ3v) is 6.79. The molecule has 9 heteroatoms. The molecule has 0 radical (unpaired) electrons. The number of carbonyl (C=O) groups is 1. The number of carboxylic acids is 1. The van der Waals surface area contributed by atoms with Crippen molar-refractivity contribution < 1.29 is 37.2 Å². The maximum atomic E-state index is 13.5. The van der Waals surface area contributed by atoms with E-state index < -0.39 is 16.0 Å². The average Bonchev–Trinajstić information content (AvgIpc) is 3.37. The Labute approximate surface area is 216 Å². The summed E-state index contributed by atoms with van der Waals surface area (Å²) in [6.45, 7) is 1.86. The maximum absolute atomic E-state index is 13.5. The monoisotopic (exact) mass is 477 g/mol. The normalized spacial score (nSPS) is 10.5. The third kappa shape index (κ3) is 5.85. The van der Waals surface area contributed by atoms with Gasteiger partial charge in [-0.15, -0.1) is 0 Å². The van der Waals surface area contributed by atoms with Gasteiger partial charge in [0.25, 0.3) is 10.0 Å². The Morgan fingerprint density at radius 2 is 1.66 bits per heavy atom. The summed E-state index contributed by atoms with van der Waals surface area (Å²) in [5.74, 6) is 1.52. The van der Waals surface area contributed by atoms with E-state index in [2.05, 4.69) is 16.9 Å². The number of hydrogen-bond donors (Lipinski definition) is 0. The molecule has 0 amide bonds. The number of hydrogen-bond acceptors (Lipinski definition) is 5. The zero-order valence-electron chi connectivity index (χ0n) is 19.3. The Bertz CT molecular complexity index is 1480. The average molecular weight is 477 g/mol. The van der Waals surface area contributed by atoms with Crippen molar-refractivity contribution in [3.8, 4) is 17.7 Å². The van der Waals surface area contributed by atoms with Crippen molar-refractivity contribution in [3.05, 3.63) is 114 Å². The Hall–Kier alpha value is -3.75. The fourth-order valence-electron chi connectivity index (χ4n) is 3.37. The number of nitrogens with zero attached hydrogens (tertiary/aromatic N) is 3. The van der Waals surface area contributed by atoms with Crippen LogP contribution in [0.15, 0.2) is 96.4 Å². The van der Waals surface area contributed by atoms with Crippen molar-refractivity contribution in [3.63, 3.8) is 0 Å². The van der Waals surface area contributed by atoms with Crippen molar-refractivity contribution >= 4 is 16.0 Å². The van der Waals surface area contributed by atoms with Crippen LogP contribution in [0.25, 0.3) is 5.69 Å². The first kappa shape index (κ1) is 25.9. The topological polar surface area (TPSA) is 95.3 Å². The SMILES string of the molecule is Cc1ccc(S(=O)(=O)N(C#Cc2cccc(C(=O)[O-])c2-n2cccc2)Cc2ccncc2)cc1.[Li+]. The number of benzene rings is 2. The molecule has 0 aliphatic rings. The fourth-order valence-corrected chi connectivity index (χ4v) is 4.59. The first-order chi connectivity index (χ1) is 16.4. The molecule has 0 aliphatic carbocycles. The van der Waals surface area contributed by atoms with Gasteiger partial charge in [-0.1, -0.05) is 29.8 Å². The summed E-state index contributed by atoms with van der Waals surface area (Å²) in [4.78, 5) is 15.8. The molecule has 0 aliphatic heterocycles. The molecule has 0 fully saturated rings. The molecule has 0 saturated heterocycles. The molecule has 4 rings (SSSR count). The largest absolute Gasteiger partial charge is 1.00 e. The predicted octanol–water partition coefficient (Wildman–Crippen LogP) is -0.252. The van der Waals surface area contributed by atoms with Crippen molar-refractivity contribution in [2.24, 2.45) is 0 Å². The van der Waals surface area contributed by atoms with Gasteiger partial charge in [-0.25, -0.2) is 12.7 Å². The van der Waals surface area contributed by atoms with Crippen LogP contribution in [0.2, 0.25) is 0 Å². The van der Waals surface area contributed by atoms with E-state index in [-0.39, 0.29) is 35.9 Å². The number of pyridine rings is 1. The standard InChI is InChI=1S/C26H21N3O4S.Li/c1-20-7-9-23(10-8-20)34(32,33)29(19-21-11-14-27-15-12-21)18-13-22-5-4-6-24(26(30)31)25(22)28-16-2-3-17-28;/h2-12,14-17H,19H2,1H3,(H,30,31);/q;+1/p-1. The molecule has 2 aromatic heterocycles. The van der Waals surface area contributed by atoms with Gasteiger partial charge in [0.15, 0.2) is 0 Å². The minimum absolute atomic E-state index is 0. The molecule has 0 saturated carbocycles. The van der Waals surface area contributed by atoms with Crippen molar-refractivity contribution in [2.75, 3.05) is 0 Å². The second-order valence-electron chi connectivity index (χ2n) is 7.50. The molecule has 2 heterocycles. The molecular formula is C26H20LiN3O4S. The van der Waals surface area contributed by atoms with Crippen LogP contribution in [0, 0.1) is 18.9 Å². The summed E-state index contributed by atoms with van der Waals surface area (Å²) in [6, 6.07) is 20.8. The molecule has 7 nitrogen and oxygen atoms in total. The van der Waals surface area contributed by atoms with Gasteiger partial charge in [0.1, 0.15) is 0 Å². The van der Waals surface area contributed by atoms with E-state index in [0.717, 1.165) is 9.87 Å². The predicted molar refractivity (Wildman–Crippen MR) is 125 cm³/mol. The molecule has 4 aromatic rings. The molecule has 0 atom stereocenters. The molecule has 0 N–H and O–H groups in total. The molecule has 170 valence electrons. The third-order valence-electron chi connectivity index (χ3n) is 5.12. The smallest absolute Gasteiger partial charge is 0.545 e. The van der Waals surface area contributed by atoms with Gasteiger partial charge in [0.2, 0.25) is 0 Å². The number of carboxylic acid groups (broad SMARTS) is 1. The van der Waals surface area contributed by atoms with Gasteiger partial charge >= 0.3 is 18.9 Å². The van der Waals surface area contributed by atoms with Gasteiger partial charge in [0, 0.05) is 36.4 Å². The van der Waals surface area contributed by atoms with Gasteiger partial charge < -0.3 is 14.5 Å². The zero-order valence-corrected chi connectivity index (χ0v) is 20.1. The second-order valence-corrected chi connectivity index (χ2v) is 9.36. The number of aryl methyl sites for hydroxylation is 1. The van der Waals surface area contributed by atoms with Crippen molar-refractivity contribution in [2.45, 2.75) is 18.4 Å². The van der Waals surface area contributed by atoms with Crippen LogP contribution >= 0.6 is 0 Å². The summed E-state index contributed by atoms with van der Waals surface area (Å²) in [5.41, 5.74) is 2.23. The Balaban J connectivity index is 0.00000342. The van der Waals surface area contributed by atoms with Crippen LogP contribution in [-0.4, -0.2) is 28.2 Å². The molecule has 0 unspecified atom stereocenters. The molecule has 0 bridgehead atoms. The molecular weight excluding hydrogens is 457 g/mol. The van der Waals surface area contributed by atoms with E-state index in [1.165, 1.54) is 18.2 Å². The zero-order chi connectivity index (χ0) is 24.1. The summed E-state index contributed by atoms with van der Waals surface area (Å²) in [6.07, 6.45) is 6.52. The molecule has 0 spiro atoms. The van der Waals surface area contributed by atoms with Crippen molar-refractivity contribution in [1.29, 1.82) is 0 Å². The number of rotatable bonds is 6. The Morgan fingerprint density at radius 1 is 1.00 bits per heavy atom. The first-order valence-corrected chi connectivity index (χ1v) is 11.8. The van der Waals surface area contributed by atoms with Crippen molar-refractivity contribution in [1.82, 2.24) is 13.9 Å². The van der Waals surface area contributed by atoms with Crippen LogP contribution in [0.3, 0.4) is 0 Å². The quantitative estimate of drug-likeness (QED) is 0.217. The number of aromatic nitrogens is 2. The van der Waals surface area contributed by atoms with Crippen LogP contribution < -0.4 is 24.0 Å². The number of sulfonamides is 1. The van der Waals surface area contributed by atoms with Gasteiger partial charge in [-0.3, -0.25) is 4.98 Å². The van der Waals surface area contributed by atoms with Gasteiger partial charge in [-0.2, -0.15) is 0 Å². The second kappa shape index (κ2) is 11.1. The van der Waals surface area contributed by atoms with Crippen LogP contribution in [0.4, 0.5) is 0 Å². The van der Waals surface area contributed by atoms with E-state index in [9.17, 15) is 18.3 Å². The summed E-state index contributed by atoms with van der Waals surface area (Å²) >= 11 is 0. The summed E-state index contributed by atoms with van der Waals surface area (Å²) in [7, 11) is -3.98. The van der Waals surface area contributed by atoms with E-state index >= 15 is 0 Å². The minimum Gasteiger partial charge on any atom is -0.545 e. The van der Waals surface area contributed by atoms with E-state index in [4.69, 9.17) is 0 Å². The first-order valence-electron chi connectivity index (χ1n) is 10.3. The van der Waals surface area contributed by atoms with E-state index in [0.29, 0.717) is 16.8 Å². The van der Waals surface area contributed by atoms with Crippen LogP contribution in [0.1, 0.15) is 27.0 Å². The van der Waals surface area contributed by atoms with E-state index in [1.54, 1.807) is 77.9 Å². The maximum Gasteiger partial charge on any atom is 1.00 e. The minimum atomic E-state index is -3.98. The number of carbonyl (C=O) groups excluding carboxylic acids is 1. The number of aromatic carboxylic acids is 1. The van der Waals surface area contributed by atoms with Crippen LogP contribution in [-0.2, 0) is 16.6 Å². The van der Waals surface area contributed by atoms with E-state index in [1.807, 2.05) is 6.92 Å². The summed E-state index contributed by atoms with van der Waals surface area (Å²) in [5, 5.41) is 11.7. The molecule has 35 heavy (non-hydrogen) atoms. The Morgan fingerprint density at radius 3 is 2.29 bits per heavy atom. The summed E-state index contributed by atoms with van der Waals surface area (Å²) < 4.78 is 29.6. The molecule has 2 aromatic carbocycles. The fraction of sp³-hybridized carbons (Fsp3) is 0.0769. The van der Waals surface area contributed by atoms with Gasteiger partial charge in [0.05, 0.1) is 28.7 Å².